The fraction of sp³-hybridized carbons (Fsp3) is 0.261. The van der Waals surface area contributed by atoms with Crippen LogP contribution in [0.2, 0.25) is 10.0 Å². The van der Waals surface area contributed by atoms with Crippen LogP contribution in [0.15, 0.2) is 46.2 Å². The number of aliphatic carboxylic acids is 1. The highest BCUT2D eigenvalue weighted by Gasteiger charge is 2.26. The van der Waals surface area contributed by atoms with Crippen LogP contribution in [0.1, 0.15) is 22.3 Å². The van der Waals surface area contributed by atoms with Crippen molar-refractivity contribution in [3.63, 3.8) is 0 Å². The summed E-state index contributed by atoms with van der Waals surface area (Å²) in [6.45, 7) is 0.871. The van der Waals surface area contributed by atoms with Crippen LogP contribution in [0.4, 0.5) is 17.1 Å². The molecule has 10 nitrogen and oxygen atoms in total. The van der Waals surface area contributed by atoms with Gasteiger partial charge in [-0.2, -0.15) is 0 Å². The largest absolute Gasteiger partial charge is 0.480 e. The minimum absolute atomic E-state index is 0.0213. The maximum absolute atomic E-state index is 12.5. The van der Waals surface area contributed by atoms with Gasteiger partial charge < -0.3 is 25.8 Å². The van der Waals surface area contributed by atoms with E-state index in [2.05, 4.69) is 20.9 Å². The first-order valence-electron chi connectivity index (χ1n) is 10.5. The van der Waals surface area contributed by atoms with Gasteiger partial charge >= 0.3 is 5.97 Å². The minimum atomic E-state index is -1.19. The lowest BCUT2D eigenvalue weighted by Crippen LogP contribution is -2.42. The number of pyridine rings is 1. The van der Waals surface area contributed by atoms with Gasteiger partial charge in [-0.25, -0.2) is 4.79 Å². The Morgan fingerprint density at radius 3 is 2.29 bits per heavy atom. The molecule has 0 radical (unpaired) electrons. The van der Waals surface area contributed by atoms with Gasteiger partial charge in [0.25, 0.3) is 16.8 Å². The molecule has 0 spiro atoms. The maximum atomic E-state index is 12.5. The number of benzene rings is 1. The first kappa shape index (κ1) is 26.1. The van der Waals surface area contributed by atoms with Crippen LogP contribution >= 0.6 is 23.2 Å². The third kappa shape index (κ3) is 6.36. The molecule has 1 amide bonds. The van der Waals surface area contributed by atoms with E-state index in [9.17, 15) is 24.3 Å². The van der Waals surface area contributed by atoms with E-state index in [-0.39, 0.29) is 33.4 Å². The lowest BCUT2D eigenvalue weighted by molar-refractivity contribution is -0.137. The lowest BCUT2D eigenvalue weighted by Gasteiger charge is -2.20. The zero-order chi connectivity index (χ0) is 25.5. The number of aromatic nitrogens is 1. The van der Waals surface area contributed by atoms with E-state index >= 15 is 0 Å². The number of carboxylic acids is 1. The standard InChI is InChI=1S/C23H22Cl2N4O6/c1-35-8-2-7-27-18-19(21(31)20(18)30)29-16(23(33)34)9-12-3-5-13(6-4-12)28-22(32)17-14(24)10-26-11-15(17)25/h3-6,10-11,16,27,29H,2,7-9H2,1H3,(H,28,32)(H,33,34)/t16-/m0/s1. The second kappa shape index (κ2) is 11.8. The third-order valence-electron chi connectivity index (χ3n) is 5.09. The fourth-order valence-corrected chi connectivity index (χ4v) is 3.82. The molecule has 2 aromatic carbocycles. The van der Waals surface area contributed by atoms with Crippen LogP contribution in [-0.4, -0.2) is 48.3 Å². The number of methoxy groups -OCH3 is 1. The van der Waals surface area contributed by atoms with Gasteiger partial charge in [0.05, 0.1) is 15.6 Å². The summed E-state index contributed by atoms with van der Waals surface area (Å²) in [5.74, 6) is -1.71. The van der Waals surface area contributed by atoms with Gasteiger partial charge in [-0.15, -0.1) is 0 Å². The molecule has 3 rings (SSSR count). The Balaban J connectivity index is 1.66. The normalized spacial score (nSPS) is 11.7. The van der Waals surface area contributed by atoms with E-state index in [4.69, 9.17) is 27.9 Å². The van der Waals surface area contributed by atoms with E-state index in [1.54, 1.807) is 31.4 Å². The molecule has 12 heteroatoms. The molecular weight excluding hydrogens is 499 g/mol. The summed E-state index contributed by atoms with van der Waals surface area (Å²) in [6.07, 6.45) is 3.24. The number of carbonyl (C=O) groups is 2. The molecule has 0 aliphatic rings. The first-order valence-corrected chi connectivity index (χ1v) is 11.2. The van der Waals surface area contributed by atoms with Crippen molar-refractivity contribution in [2.75, 3.05) is 36.2 Å². The molecule has 0 fully saturated rings. The Morgan fingerprint density at radius 2 is 1.69 bits per heavy atom. The summed E-state index contributed by atoms with van der Waals surface area (Å²) in [6, 6.07) is 5.29. The molecule has 3 aromatic rings. The summed E-state index contributed by atoms with van der Waals surface area (Å²) < 4.78 is 4.94. The Bertz CT molecular complexity index is 1270. The number of rotatable bonds is 12. The van der Waals surface area contributed by atoms with Crippen molar-refractivity contribution in [1.82, 2.24) is 4.98 Å². The van der Waals surface area contributed by atoms with E-state index in [0.717, 1.165) is 0 Å². The van der Waals surface area contributed by atoms with Gasteiger partial charge in [0.15, 0.2) is 0 Å². The second-order valence-electron chi connectivity index (χ2n) is 7.55. The average molecular weight is 521 g/mol. The van der Waals surface area contributed by atoms with Gasteiger partial charge in [-0.3, -0.25) is 19.4 Å². The number of nitrogens with zero attached hydrogens (tertiary/aromatic N) is 1. The van der Waals surface area contributed by atoms with Gasteiger partial charge in [0, 0.05) is 44.8 Å². The maximum Gasteiger partial charge on any atom is 0.326 e. The van der Waals surface area contributed by atoms with Crippen molar-refractivity contribution in [3.8, 4) is 0 Å². The van der Waals surface area contributed by atoms with Crippen LogP contribution in [0, 0.1) is 0 Å². The molecule has 0 unspecified atom stereocenters. The predicted octanol–water partition coefficient (Wildman–Crippen LogP) is 2.79. The number of amides is 1. The van der Waals surface area contributed by atoms with Crippen molar-refractivity contribution >= 4 is 52.1 Å². The van der Waals surface area contributed by atoms with Crippen molar-refractivity contribution in [2.45, 2.75) is 18.9 Å². The Labute approximate surface area is 209 Å². The number of hydrogen-bond acceptors (Lipinski definition) is 8. The molecule has 0 bridgehead atoms. The van der Waals surface area contributed by atoms with Crippen LogP contribution in [0.5, 0.6) is 0 Å². The number of anilines is 3. The van der Waals surface area contributed by atoms with Crippen LogP contribution in [0.25, 0.3) is 0 Å². The summed E-state index contributed by atoms with van der Waals surface area (Å²) in [5, 5.41) is 18.0. The second-order valence-corrected chi connectivity index (χ2v) is 8.36. The zero-order valence-corrected chi connectivity index (χ0v) is 20.1. The highest BCUT2D eigenvalue weighted by molar-refractivity contribution is 6.40. The third-order valence-corrected chi connectivity index (χ3v) is 5.66. The predicted molar refractivity (Wildman–Crippen MR) is 134 cm³/mol. The van der Waals surface area contributed by atoms with Crippen LogP contribution in [-0.2, 0) is 16.0 Å². The average Bonchev–Trinajstić information content (AvgIpc) is 2.82. The van der Waals surface area contributed by atoms with E-state index in [1.807, 2.05) is 0 Å². The minimum Gasteiger partial charge on any atom is -0.480 e. The SMILES string of the molecule is COCCCNc1c(N[C@@H](Cc2ccc(NC(=O)c3c(Cl)cncc3Cl)cc2)C(=O)O)c(=O)c1=O. The van der Waals surface area contributed by atoms with Crippen molar-refractivity contribution in [3.05, 3.63) is 78.3 Å². The molecule has 1 heterocycles. The number of ether oxygens (including phenoxy) is 1. The summed E-state index contributed by atoms with van der Waals surface area (Å²) in [7, 11) is 1.55. The van der Waals surface area contributed by atoms with E-state index in [1.165, 1.54) is 12.4 Å². The highest BCUT2D eigenvalue weighted by Crippen LogP contribution is 2.24. The number of carboxylic acid groups (broad SMARTS) is 1. The molecule has 0 aliphatic carbocycles. The van der Waals surface area contributed by atoms with Gasteiger partial charge in [0.1, 0.15) is 17.4 Å². The van der Waals surface area contributed by atoms with E-state index in [0.29, 0.717) is 30.8 Å². The highest BCUT2D eigenvalue weighted by atomic mass is 35.5. The Kier molecular flexibility index (Phi) is 8.80. The monoisotopic (exact) mass is 520 g/mol. The summed E-state index contributed by atoms with van der Waals surface area (Å²) >= 11 is 12.0. The van der Waals surface area contributed by atoms with Crippen molar-refractivity contribution < 1.29 is 19.4 Å². The Hall–Kier alpha value is -3.47. The first-order chi connectivity index (χ1) is 16.7. The summed E-state index contributed by atoms with van der Waals surface area (Å²) in [4.78, 5) is 52.0. The molecule has 184 valence electrons. The molecule has 0 saturated carbocycles. The Morgan fingerprint density at radius 1 is 1.06 bits per heavy atom. The quantitative estimate of drug-likeness (QED) is 0.209. The molecule has 1 aromatic heterocycles. The number of carbonyl (C=O) groups excluding carboxylic acids is 1. The number of nitrogens with one attached hydrogen (secondary N) is 3. The van der Waals surface area contributed by atoms with Crippen molar-refractivity contribution in [2.24, 2.45) is 0 Å². The molecule has 0 saturated heterocycles. The van der Waals surface area contributed by atoms with Crippen LogP contribution < -0.4 is 26.8 Å². The van der Waals surface area contributed by atoms with Gasteiger partial charge in [-0.1, -0.05) is 35.3 Å². The topological polar surface area (TPSA) is 147 Å². The lowest BCUT2D eigenvalue weighted by atomic mass is 10.0. The molecule has 0 aliphatic heterocycles. The molecule has 35 heavy (non-hydrogen) atoms. The van der Waals surface area contributed by atoms with Gasteiger partial charge in [-0.05, 0) is 24.1 Å². The van der Waals surface area contributed by atoms with E-state index < -0.39 is 28.8 Å². The number of hydrogen-bond donors (Lipinski definition) is 4. The van der Waals surface area contributed by atoms with Gasteiger partial charge in [0.2, 0.25) is 0 Å². The van der Waals surface area contributed by atoms with Crippen molar-refractivity contribution in [1.29, 1.82) is 0 Å². The fourth-order valence-electron chi connectivity index (χ4n) is 3.28. The molecular formula is C23H22Cl2N4O6. The number of halogens is 2. The summed E-state index contributed by atoms with van der Waals surface area (Å²) in [5.41, 5.74) is -0.287. The smallest absolute Gasteiger partial charge is 0.326 e. The molecule has 1 atom stereocenters. The molecule has 4 N–H and O–H groups in total. The zero-order valence-electron chi connectivity index (χ0n) is 18.6. The van der Waals surface area contributed by atoms with Crippen LogP contribution in [0.3, 0.4) is 0 Å².